The van der Waals surface area contributed by atoms with Crippen LogP contribution in [0.4, 0.5) is 5.69 Å². The van der Waals surface area contributed by atoms with Crippen LogP contribution < -0.4 is 5.32 Å². The predicted molar refractivity (Wildman–Crippen MR) is 118 cm³/mol. The second-order valence-electron chi connectivity index (χ2n) is 6.47. The Morgan fingerprint density at radius 1 is 1.24 bits per heavy atom. The van der Waals surface area contributed by atoms with Crippen LogP contribution in [-0.4, -0.2) is 22.5 Å². The molecule has 2 amide bonds. The minimum atomic E-state index is -0.225. The maximum atomic E-state index is 12.5. The molecule has 0 spiro atoms. The smallest absolute Gasteiger partial charge is 0.255 e. The Labute approximate surface area is 185 Å². The van der Waals surface area contributed by atoms with E-state index in [-0.39, 0.29) is 17.2 Å². The monoisotopic (exact) mass is 490 g/mol. The van der Waals surface area contributed by atoms with Crippen molar-refractivity contribution in [1.82, 2.24) is 4.90 Å². The molecule has 148 valence electrons. The fraction of sp³-hybridized carbons (Fsp3) is 0.143. The van der Waals surface area contributed by atoms with Crippen molar-refractivity contribution < 1.29 is 14.0 Å². The zero-order chi connectivity index (χ0) is 20.4. The van der Waals surface area contributed by atoms with Crippen molar-refractivity contribution >= 4 is 56.8 Å². The van der Waals surface area contributed by atoms with Gasteiger partial charge in [0.25, 0.3) is 5.91 Å². The summed E-state index contributed by atoms with van der Waals surface area (Å²) in [5, 5.41) is 3.26. The summed E-state index contributed by atoms with van der Waals surface area (Å²) in [7, 11) is 0. The molecular formula is C21H16BrClN2O3S. The lowest BCUT2D eigenvalue weighted by Gasteiger charge is -2.23. The molecule has 5 nitrogen and oxygen atoms in total. The molecule has 29 heavy (non-hydrogen) atoms. The predicted octanol–water partition coefficient (Wildman–Crippen LogP) is 5.72. The molecule has 1 atom stereocenters. The van der Waals surface area contributed by atoms with Crippen molar-refractivity contribution in [2.75, 3.05) is 11.1 Å². The van der Waals surface area contributed by atoms with E-state index in [1.807, 2.05) is 24.3 Å². The summed E-state index contributed by atoms with van der Waals surface area (Å²) in [6, 6.07) is 16.2. The largest absolute Gasteiger partial charge is 0.467 e. The van der Waals surface area contributed by atoms with E-state index in [9.17, 15) is 9.59 Å². The molecule has 1 aliphatic heterocycles. The van der Waals surface area contributed by atoms with Gasteiger partial charge in [-0.1, -0.05) is 23.7 Å². The molecule has 0 aliphatic carbocycles. The van der Waals surface area contributed by atoms with Gasteiger partial charge in [-0.15, -0.1) is 11.8 Å². The molecule has 0 bridgehead atoms. The summed E-state index contributed by atoms with van der Waals surface area (Å²) in [4.78, 5) is 26.6. The van der Waals surface area contributed by atoms with Gasteiger partial charge in [-0.25, -0.2) is 0 Å². The zero-order valence-electron chi connectivity index (χ0n) is 15.1. The number of anilines is 1. The van der Waals surface area contributed by atoms with Crippen LogP contribution in [0.15, 0.2) is 69.8 Å². The van der Waals surface area contributed by atoms with Gasteiger partial charge in [-0.2, -0.15) is 0 Å². The second kappa shape index (κ2) is 8.65. The fourth-order valence-corrected chi connectivity index (χ4v) is 4.66. The van der Waals surface area contributed by atoms with Crippen LogP contribution in [0.5, 0.6) is 0 Å². The molecule has 1 N–H and O–H groups in total. The lowest BCUT2D eigenvalue weighted by atomic mass is 10.1. The summed E-state index contributed by atoms with van der Waals surface area (Å²) in [5.41, 5.74) is 2.11. The van der Waals surface area contributed by atoms with Crippen LogP contribution in [0.1, 0.15) is 27.1 Å². The summed E-state index contributed by atoms with van der Waals surface area (Å²) in [6.07, 6.45) is 1.60. The van der Waals surface area contributed by atoms with Crippen molar-refractivity contribution in [3.63, 3.8) is 0 Å². The number of halogens is 2. The lowest BCUT2D eigenvalue weighted by molar-refractivity contribution is -0.128. The van der Waals surface area contributed by atoms with Gasteiger partial charge < -0.3 is 14.6 Å². The van der Waals surface area contributed by atoms with Crippen LogP contribution in [0, 0.1) is 0 Å². The Morgan fingerprint density at radius 2 is 2.03 bits per heavy atom. The third-order valence-electron chi connectivity index (χ3n) is 4.51. The van der Waals surface area contributed by atoms with E-state index in [0.717, 1.165) is 15.8 Å². The lowest BCUT2D eigenvalue weighted by Crippen LogP contribution is -2.27. The highest BCUT2D eigenvalue weighted by Crippen LogP contribution is 2.39. The molecule has 0 radical (unpaired) electrons. The van der Waals surface area contributed by atoms with Crippen molar-refractivity contribution in [2.24, 2.45) is 0 Å². The van der Waals surface area contributed by atoms with Gasteiger partial charge in [0, 0.05) is 15.7 Å². The van der Waals surface area contributed by atoms with Crippen LogP contribution in [0.2, 0.25) is 5.02 Å². The van der Waals surface area contributed by atoms with E-state index in [1.165, 1.54) is 0 Å². The minimum Gasteiger partial charge on any atom is -0.467 e. The van der Waals surface area contributed by atoms with Gasteiger partial charge in [-0.05, 0) is 64.0 Å². The quantitative estimate of drug-likeness (QED) is 0.496. The second-order valence-corrected chi connectivity index (χ2v) is 8.80. The van der Waals surface area contributed by atoms with E-state index in [4.69, 9.17) is 16.0 Å². The molecule has 2 aromatic carbocycles. The SMILES string of the molecule is O=C(Nc1ccc(Br)c(Cl)c1)c1ccc(C2SCC(=O)N2Cc2ccco2)cc1. The van der Waals surface area contributed by atoms with Crippen molar-refractivity contribution in [2.45, 2.75) is 11.9 Å². The maximum absolute atomic E-state index is 12.5. The number of thioether (sulfide) groups is 1. The number of hydrogen-bond acceptors (Lipinski definition) is 4. The number of carbonyl (C=O) groups is 2. The van der Waals surface area contributed by atoms with E-state index >= 15 is 0 Å². The van der Waals surface area contributed by atoms with Gasteiger partial charge in [0.15, 0.2) is 0 Å². The molecule has 0 saturated carbocycles. The first kappa shape index (κ1) is 20.1. The molecule has 4 rings (SSSR count). The number of benzene rings is 2. The van der Waals surface area contributed by atoms with Crippen molar-refractivity contribution in [3.05, 3.63) is 87.2 Å². The van der Waals surface area contributed by atoms with E-state index in [2.05, 4.69) is 21.2 Å². The first-order valence-corrected chi connectivity index (χ1v) is 11.0. The number of amides is 2. The van der Waals surface area contributed by atoms with Gasteiger partial charge >= 0.3 is 0 Å². The Kier molecular flexibility index (Phi) is 5.99. The molecule has 1 saturated heterocycles. The van der Waals surface area contributed by atoms with Crippen LogP contribution >= 0.6 is 39.3 Å². The number of hydrogen-bond donors (Lipinski definition) is 1. The average molecular weight is 492 g/mol. The van der Waals surface area contributed by atoms with Gasteiger partial charge in [-0.3, -0.25) is 9.59 Å². The summed E-state index contributed by atoms with van der Waals surface area (Å²) >= 11 is 11.0. The number of furan rings is 1. The fourth-order valence-electron chi connectivity index (χ4n) is 3.05. The van der Waals surface area contributed by atoms with E-state index in [0.29, 0.717) is 28.6 Å². The molecule has 8 heteroatoms. The summed E-state index contributed by atoms with van der Waals surface area (Å²) in [5.74, 6) is 1.02. The number of nitrogens with zero attached hydrogens (tertiary/aromatic N) is 1. The first-order chi connectivity index (χ1) is 14.0. The molecular weight excluding hydrogens is 476 g/mol. The number of carbonyl (C=O) groups excluding carboxylic acids is 2. The number of nitrogens with one attached hydrogen (secondary N) is 1. The van der Waals surface area contributed by atoms with E-state index < -0.39 is 0 Å². The highest BCUT2D eigenvalue weighted by Gasteiger charge is 2.33. The van der Waals surface area contributed by atoms with Crippen LogP contribution in [-0.2, 0) is 11.3 Å². The zero-order valence-corrected chi connectivity index (χ0v) is 18.3. The standard InChI is InChI=1S/C21H16BrClN2O3S/c22-17-8-7-15(10-18(17)23)24-20(27)13-3-5-14(6-4-13)21-25(19(26)12-29-21)11-16-2-1-9-28-16/h1-10,21H,11-12H2,(H,24,27). The summed E-state index contributed by atoms with van der Waals surface area (Å²) in [6.45, 7) is 0.427. The number of rotatable bonds is 5. The normalized spacial score (nSPS) is 16.3. The maximum Gasteiger partial charge on any atom is 0.255 e. The third kappa shape index (κ3) is 4.52. The first-order valence-electron chi connectivity index (χ1n) is 8.81. The van der Waals surface area contributed by atoms with Crippen molar-refractivity contribution in [1.29, 1.82) is 0 Å². The Balaban J connectivity index is 1.47. The molecule has 1 aromatic heterocycles. The average Bonchev–Trinajstić information content (AvgIpc) is 3.36. The van der Waals surface area contributed by atoms with Gasteiger partial charge in [0.2, 0.25) is 5.91 Å². The van der Waals surface area contributed by atoms with Gasteiger partial charge in [0.1, 0.15) is 11.1 Å². The molecule has 2 heterocycles. The summed E-state index contributed by atoms with van der Waals surface area (Å²) < 4.78 is 6.15. The third-order valence-corrected chi connectivity index (χ3v) is 7.00. The minimum absolute atomic E-state index is 0.0744. The molecule has 1 unspecified atom stereocenters. The topological polar surface area (TPSA) is 62.6 Å². The van der Waals surface area contributed by atoms with Gasteiger partial charge in [0.05, 0.1) is 23.6 Å². The Bertz CT molecular complexity index is 1040. The molecule has 1 aliphatic rings. The van der Waals surface area contributed by atoms with E-state index in [1.54, 1.807) is 53.3 Å². The highest BCUT2D eigenvalue weighted by atomic mass is 79.9. The highest BCUT2D eigenvalue weighted by molar-refractivity contribution is 9.10. The van der Waals surface area contributed by atoms with Crippen molar-refractivity contribution in [3.8, 4) is 0 Å². The van der Waals surface area contributed by atoms with Crippen LogP contribution in [0.3, 0.4) is 0 Å². The molecule has 3 aromatic rings. The molecule has 1 fully saturated rings. The van der Waals surface area contributed by atoms with Crippen LogP contribution in [0.25, 0.3) is 0 Å². The Hall–Kier alpha value is -2.22. The Morgan fingerprint density at radius 3 is 2.72 bits per heavy atom.